The van der Waals surface area contributed by atoms with E-state index in [1.165, 1.54) is 77.0 Å². The van der Waals surface area contributed by atoms with Gasteiger partial charge in [-0.1, -0.05) is 37.3 Å². The van der Waals surface area contributed by atoms with Crippen molar-refractivity contribution in [2.24, 2.45) is 29.6 Å². The average molecular weight is 765 g/mol. The molecule has 0 bridgehead atoms. The summed E-state index contributed by atoms with van der Waals surface area (Å²) in [5, 5.41) is 12.7. The molecular formula is C45H72N4O6. The summed E-state index contributed by atoms with van der Waals surface area (Å²) in [5.74, 6) is 2.15. The molecule has 0 spiro atoms. The number of rotatable bonds is 11. The van der Waals surface area contributed by atoms with E-state index >= 15 is 0 Å². The van der Waals surface area contributed by atoms with Crippen LogP contribution in [-0.2, 0) is 23.9 Å². The van der Waals surface area contributed by atoms with Gasteiger partial charge < -0.3 is 19.5 Å². The van der Waals surface area contributed by atoms with Gasteiger partial charge in [0.1, 0.15) is 6.04 Å². The molecule has 0 aromatic heterocycles. The zero-order valence-corrected chi connectivity index (χ0v) is 34.0. The number of aliphatic hydroxyl groups is 1. The van der Waals surface area contributed by atoms with Gasteiger partial charge in [-0.3, -0.25) is 29.5 Å². The molecule has 3 amide bonds. The van der Waals surface area contributed by atoms with Crippen LogP contribution in [0, 0.1) is 29.6 Å². The number of amides is 3. The third-order valence-corrected chi connectivity index (χ3v) is 15.8. The SMILES string of the molecule is CC/C(=C(\C1CCC(O)CC1)C1CCC(OCC2CCC(CN3CCN(C4CCC5C(=O)N(C6CCC(=O)NC6=O)CC5C4)CC3)O2)CC1)C1CCCCC1. The van der Waals surface area contributed by atoms with Crippen LogP contribution < -0.4 is 5.32 Å². The van der Waals surface area contributed by atoms with Crippen LogP contribution in [0.4, 0.5) is 0 Å². The second-order valence-electron chi connectivity index (χ2n) is 19.1. The number of piperidine rings is 1. The Kier molecular flexibility index (Phi) is 13.4. The number of hydrogen-bond acceptors (Lipinski definition) is 8. The first-order chi connectivity index (χ1) is 26.8. The Labute approximate surface area is 330 Å². The van der Waals surface area contributed by atoms with E-state index in [1.807, 2.05) is 11.1 Å². The molecule has 0 radical (unpaired) electrons. The van der Waals surface area contributed by atoms with E-state index in [1.54, 1.807) is 4.90 Å². The van der Waals surface area contributed by atoms with Gasteiger partial charge in [0.15, 0.2) is 0 Å². The Morgan fingerprint density at radius 1 is 0.782 bits per heavy atom. The number of aliphatic hydroxyl groups excluding tert-OH is 1. The number of likely N-dealkylation sites (tertiary alicyclic amines) is 1. The summed E-state index contributed by atoms with van der Waals surface area (Å²) in [4.78, 5) is 44.5. The molecule has 10 heteroatoms. The lowest BCUT2D eigenvalue weighted by molar-refractivity contribution is -0.144. The molecule has 10 nitrogen and oxygen atoms in total. The summed E-state index contributed by atoms with van der Waals surface area (Å²) >= 11 is 0. The van der Waals surface area contributed by atoms with E-state index in [0.717, 1.165) is 90.2 Å². The smallest absolute Gasteiger partial charge is 0.249 e. The Morgan fingerprint density at radius 2 is 1.49 bits per heavy atom. The fourth-order valence-electron chi connectivity index (χ4n) is 12.8. The van der Waals surface area contributed by atoms with E-state index in [4.69, 9.17) is 9.47 Å². The molecule has 4 saturated heterocycles. The zero-order chi connectivity index (χ0) is 37.9. The summed E-state index contributed by atoms with van der Waals surface area (Å²) in [6.45, 7) is 9.07. The van der Waals surface area contributed by atoms with Crippen LogP contribution in [0.15, 0.2) is 11.1 Å². The maximum Gasteiger partial charge on any atom is 0.249 e. The van der Waals surface area contributed by atoms with E-state index in [9.17, 15) is 19.5 Å². The number of imide groups is 1. The number of ether oxygens (including phenoxy) is 2. The summed E-state index contributed by atoms with van der Waals surface area (Å²) in [6.07, 6.45) is 24.1. The number of fused-ring (bicyclic) bond motifs is 1. The third kappa shape index (κ3) is 9.40. The van der Waals surface area contributed by atoms with Crippen LogP contribution in [-0.4, -0.2) is 120 Å². The van der Waals surface area contributed by atoms with Crippen LogP contribution in [0.25, 0.3) is 0 Å². The highest BCUT2D eigenvalue weighted by atomic mass is 16.5. The summed E-state index contributed by atoms with van der Waals surface area (Å²) in [7, 11) is 0. The fraction of sp³-hybridized carbons (Fsp3) is 0.889. The van der Waals surface area contributed by atoms with Crippen LogP contribution in [0.2, 0.25) is 0 Å². The summed E-state index contributed by atoms with van der Waals surface area (Å²) in [6, 6.07) is 0.0257. The Balaban J connectivity index is 0.746. The van der Waals surface area contributed by atoms with Gasteiger partial charge in [0, 0.05) is 57.6 Å². The van der Waals surface area contributed by atoms with Crippen LogP contribution in [0.3, 0.4) is 0 Å². The lowest BCUT2D eigenvalue weighted by atomic mass is 9.68. The highest BCUT2D eigenvalue weighted by Crippen LogP contribution is 2.46. The lowest BCUT2D eigenvalue weighted by Crippen LogP contribution is -2.53. The van der Waals surface area contributed by atoms with Gasteiger partial charge >= 0.3 is 0 Å². The first kappa shape index (κ1) is 40.0. The van der Waals surface area contributed by atoms with E-state index in [2.05, 4.69) is 22.0 Å². The van der Waals surface area contributed by atoms with Crippen molar-refractivity contribution in [3.63, 3.8) is 0 Å². The molecule has 2 N–H and O–H groups in total. The molecule has 4 heterocycles. The number of hydrogen-bond donors (Lipinski definition) is 2. The van der Waals surface area contributed by atoms with Crippen LogP contribution in [0.5, 0.6) is 0 Å². The molecule has 0 aromatic carbocycles. The van der Waals surface area contributed by atoms with Gasteiger partial charge in [0.2, 0.25) is 17.7 Å². The van der Waals surface area contributed by atoms with E-state index < -0.39 is 6.04 Å². The largest absolute Gasteiger partial charge is 0.393 e. The van der Waals surface area contributed by atoms with Crippen molar-refractivity contribution in [2.45, 2.75) is 178 Å². The lowest BCUT2D eigenvalue weighted by Gasteiger charge is -2.43. The number of carbonyl (C=O) groups excluding carboxylic acids is 3. The molecule has 0 aromatic rings. The predicted octanol–water partition coefficient (Wildman–Crippen LogP) is 6.00. The topological polar surface area (TPSA) is 112 Å². The van der Waals surface area contributed by atoms with Gasteiger partial charge in [-0.15, -0.1) is 0 Å². The number of carbonyl (C=O) groups is 3. The Morgan fingerprint density at radius 3 is 2.20 bits per heavy atom. The predicted molar refractivity (Wildman–Crippen MR) is 212 cm³/mol. The minimum Gasteiger partial charge on any atom is -0.393 e. The molecule has 6 atom stereocenters. The van der Waals surface area contributed by atoms with Crippen molar-refractivity contribution < 1.29 is 29.0 Å². The van der Waals surface area contributed by atoms with Crippen molar-refractivity contribution in [1.82, 2.24) is 20.0 Å². The second kappa shape index (κ2) is 18.4. The van der Waals surface area contributed by atoms with Crippen LogP contribution >= 0.6 is 0 Å². The highest BCUT2D eigenvalue weighted by Gasteiger charge is 2.49. The Bertz CT molecular complexity index is 1360. The molecule has 55 heavy (non-hydrogen) atoms. The maximum atomic E-state index is 13.3. The number of nitrogens with one attached hydrogen (secondary N) is 1. The first-order valence-electron chi connectivity index (χ1n) is 23.1. The molecule has 6 unspecified atom stereocenters. The van der Waals surface area contributed by atoms with E-state index in [0.29, 0.717) is 55.4 Å². The number of nitrogens with zero attached hydrogens (tertiary/aromatic N) is 3. The minimum atomic E-state index is -0.480. The van der Waals surface area contributed by atoms with Gasteiger partial charge in [0.25, 0.3) is 0 Å². The number of allylic oxidation sites excluding steroid dienone is 2. The highest BCUT2D eigenvalue weighted by molar-refractivity contribution is 6.02. The van der Waals surface area contributed by atoms with Gasteiger partial charge in [-0.05, 0) is 133 Å². The van der Waals surface area contributed by atoms with Crippen molar-refractivity contribution >= 4 is 17.7 Å². The van der Waals surface area contributed by atoms with Crippen molar-refractivity contribution in [3.05, 3.63) is 11.1 Å². The van der Waals surface area contributed by atoms with Crippen LogP contribution in [0.1, 0.15) is 142 Å². The first-order valence-corrected chi connectivity index (χ1v) is 23.1. The van der Waals surface area contributed by atoms with Gasteiger partial charge in [0.05, 0.1) is 31.0 Å². The molecule has 4 aliphatic carbocycles. The molecule has 308 valence electrons. The molecule has 8 fully saturated rings. The zero-order valence-electron chi connectivity index (χ0n) is 34.0. The van der Waals surface area contributed by atoms with E-state index in [-0.39, 0.29) is 35.8 Å². The maximum absolute atomic E-state index is 13.3. The average Bonchev–Trinajstić information content (AvgIpc) is 3.80. The number of piperazine rings is 1. The second-order valence-corrected chi connectivity index (χ2v) is 19.1. The quantitative estimate of drug-likeness (QED) is 0.195. The molecule has 8 rings (SSSR count). The molecule has 4 aliphatic heterocycles. The summed E-state index contributed by atoms with van der Waals surface area (Å²) in [5.41, 5.74) is 3.67. The van der Waals surface area contributed by atoms with Crippen molar-refractivity contribution in [3.8, 4) is 0 Å². The fourth-order valence-corrected chi connectivity index (χ4v) is 12.8. The van der Waals surface area contributed by atoms with Crippen molar-refractivity contribution in [2.75, 3.05) is 45.9 Å². The third-order valence-electron chi connectivity index (χ3n) is 15.8. The minimum absolute atomic E-state index is 0.0345. The normalized spacial score (nSPS) is 39.2. The summed E-state index contributed by atoms with van der Waals surface area (Å²) < 4.78 is 13.2. The monoisotopic (exact) mass is 765 g/mol. The van der Waals surface area contributed by atoms with Crippen molar-refractivity contribution in [1.29, 1.82) is 0 Å². The standard InChI is InChI=1S/C45H72N4O6/c1-2-39(30-6-4-3-5-7-30)43(31-8-13-35(50)14-9-31)32-10-15-36(16-11-32)54-29-38-18-17-37(55-38)28-47-22-24-48(25-23-47)34-12-19-40-33(26-34)27-49(45(40)53)41-20-21-42(51)46-44(41)52/h30-38,40-41,50H,2-29H2,1H3,(H,46,51,52)/b43-39-. The molecule has 8 aliphatic rings. The molecule has 4 saturated carbocycles. The van der Waals surface area contributed by atoms with Gasteiger partial charge in [-0.25, -0.2) is 0 Å². The Hall–Kier alpha value is -1.85. The van der Waals surface area contributed by atoms with Gasteiger partial charge in [-0.2, -0.15) is 0 Å². The molecular weight excluding hydrogens is 693 g/mol.